The molecule has 0 aliphatic carbocycles. The number of nitrogens with one attached hydrogen (secondary N) is 3. The number of aromatic amines is 2. The first-order chi connectivity index (χ1) is 11.2. The van der Waals surface area contributed by atoms with Crippen molar-refractivity contribution in [3.63, 3.8) is 0 Å². The van der Waals surface area contributed by atoms with Gasteiger partial charge in [-0.2, -0.15) is 0 Å². The molecule has 1 aromatic carbocycles. The van der Waals surface area contributed by atoms with Crippen LogP contribution >= 0.6 is 0 Å². The molecule has 3 N–H and O–H groups in total. The Hall–Kier alpha value is -3.09. The van der Waals surface area contributed by atoms with Gasteiger partial charge in [-0.1, -0.05) is 18.2 Å². The van der Waals surface area contributed by atoms with Crippen LogP contribution in [0.2, 0.25) is 0 Å². The van der Waals surface area contributed by atoms with Gasteiger partial charge in [0.2, 0.25) is 0 Å². The third-order valence-electron chi connectivity index (χ3n) is 3.54. The molecule has 3 rings (SSSR count). The largest absolute Gasteiger partial charge is 0.467 e. The summed E-state index contributed by atoms with van der Waals surface area (Å²) in [5, 5.41) is 3.62. The number of benzene rings is 1. The molecule has 0 aliphatic rings. The minimum Gasteiger partial charge on any atom is -0.467 e. The zero-order chi connectivity index (χ0) is 16.2. The van der Waals surface area contributed by atoms with Gasteiger partial charge in [-0.15, -0.1) is 0 Å². The van der Waals surface area contributed by atoms with E-state index >= 15 is 0 Å². The lowest BCUT2D eigenvalue weighted by Gasteiger charge is -2.15. The summed E-state index contributed by atoms with van der Waals surface area (Å²) in [5.41, 5.74) is 1.99. The Balaban J connectivity index is 1.78. The molecule has 0 bridgehead atoms. The zero-order valence-corrected chi connectivity index (χ0v) is 12.5. The van der Waals surface area contributed by atoms with E-state index in [0.29, 0.717) is 5.69 Å². The van der Waals surface area contributed by atoms with Crippen LogP contribution in [0.3, 0.4) is 0 Å². The van der Waals surface area contributed by atoms with Gasteiger partial charge in [0.05, 0.1) is 13.4 Å². The molecule has 0 radical (unpaired) electrons. The highest BCUT2D eigenvalue weighted by Crippen LogP contribution is 2.14. The molecule has 1 amide bonds. The van der Waals surface area contributed by atoms with Crippen molar-refractivity contribution in [3.05, 3.63) is 54.2 Å². The number of rotatable bonds is 5. The predicted molar refractivity (Wildman–Crippen MR) is 83.9 cm³/mol. The lowest BCUT2D eigenvalue weighted by molar-refractivity contribution is -0.142. The van der Waals surface area contributed by atoms with E-state index < -0.39 is 12.0 Å². The second-order valence-electron chi connectivity index (χ2n) is 5.10. The SMILES string of the molecule is COC(=O)C(Cc1cnc[nH]1)NC(=O)c1cc2ccccc2[nH]1. The van der Waals surface area contributed by atoms with Crippen molar-refractivity contribution in [1.29, 1.82) is 0 Å². The van der Waals surface area contributed by atoms with Gasteiger partial charge in [0, 0.05) is 29.2 Å². The molecule has 0 saturated carbocycles. The van der Waals surface area contributed by atoms with Crippen LogP contribution in [-0.2, 0) is 16.0 Å². The molecule has 2 heterocycles. The molecule has 1 atom stereocenters. The molecule has 1 unspecified atom stereocenters. The second-order valence-corrected chi connectivity index (χ2v) is 5.10. The summed E-state index contributed by atoms with van der Waals surface area (Å²) < 4.78 is 4.76. The Kier molecular flexibility index (Phi) is 4.09. The maximum Gasteiger partial charge on any atom is 0.328 e. The molecule has 3 aromatic rings. The number of H-pyrrole nitrogens is 2. The smallest absolute Gasteiger partial charge is 0.328 e. The summed E-state index contributed by atoms with van der Waals surface area (Å²) >= 11 is 0. The lowest BCUT2D eigenvalue weighted by atomic mass is 10.1. The third kappa shape index (κ3) is 3.23. The van der Waals surface area contributed by atoms with Crippen LogP contribution in [0.15, 0.2) is 42.9 Å². The number of aromatic nitrogens is 3. The van der Waals surface area contributed by atoms with Crippen LogP contribution in [0.1, 0.15) is 16.2 Å². The Morgan fingerprint density at radius 1 is 1.35 bits per heavy atom. The van der Waals surface area contributed by atoms with Crippen molar-refractivity contribution >= 4 is 22.8 Å². The second kappa shape index (κ2) is 6.35. The first kappa shape index (κ1) is 14.8. The molecule has 7 nitrogen and oxygen atoms in total. The van der Waals surface area contributed by atoms with Crippen molar-refractivity contribution < 1.29 is 14.3 Å². The van der Waals surface area contributed by atoms with Crippen molar-refractivity contribution in [3.8, 4) is 0 Å². The van der Waals surface area contributed by atoms with E-state index in [2.05, 4.69) is 20.3 Å². The number of carbonyl (C=O) groups excluding carboxylic acids is 2. The summed E-state index contributed by atoms with van der Waals surface area (Å²) in [6.07, 6.45) is 3.40. The minimum absolute atomic E-state index is 0.276. The number of para-hydroxylation sites is 1. The van der Waals surface area contributed by atoms with Gasteiger partial charge in [0.25, 0.3) is 5.91 Å². The number of hydrogen-bond donors (Lipinski definition) is 3. The summed E-state index contributed by atoms with van der Waals surface area (Å²) in [5.74, 6) is -0.875. The van der Waals surface area contributed by atoms with Crippen LogP contribution in [0.4, 0.5) is 0 Å². The average Bonchev–Trinajstić information content (AvgIpc) is 3.22. The highest BCUT2D eigenvalue weighted by molar-refractivity contribution is 5.99. The van der Waals surface area contributed by atoms with Gasteiger partial charge < -0.3 is 20.0 Å². The topological polar surface area (TPSA) is 99.9 Å². The van der Waals surface area contributed by atoms with E-state index in [0.717, 1.165) is 16.6 Å². The third-order valence-corrected chi connectivity index (χ3v) is 3.54. The Labute approximate surface area is 132 Å². The molecule has 23 heavy (non-hydrogen) atoms. The van der Waals surface area contributed by atoms with E-state index in [-0.39, 0.29) is 12.3 Å². The number of imidazole rings is 1. The van der Waals surface area contributed by atoms with Crippen molar-refractivity contribution in [1.82, 2.24) is 20.3 Å². The normalized spacial score (nSPS) is 12.0. The molecule has 2 aromatic heterocycles. The molecule has 0 spiro atoms. The Morgan fingerprint density at radius 3 is 2.87 bits per heavy atom. The lowest BCUT2D eigenvalue weighted by Crippen LogP contribution is -2.43. The molecule has 0 saturated heterocycles. The van der Waals surface area contributed by atoms with Gasteiger partial charge in [-0.25, -0.2) is 9.78 Å². The minimum atomic E-state index is -0.792. The van der Waals surface area contributed by atoms with E-state index in [1.54, 1.807) is 12.3 Å². The first-order valence-electron chi connectivity index (χ1n) is 7.11. The fraction of sp³-hybridized carbons (Fsp3) is 0.188. The van der Waals surface area contributed by atoms with E-state index in [1.165, 1.54) is 13.4 Å². The number of fused-ring (bicyclic) bond motifs is 1. The fourth-order valence-corrected chi connectivity index (χ4v) is 2.38. The van der Waals surface area contributed by atoms with Crippen LogP contribution in [0.5, 0.6) is 0 Å². The molecule has 118 valence electrons. The van der Waals surface area contributed by atoms with Crippen LogP contribution in [0.25, 0.3) is 10.9 Å². The van der Waals surface area contributed by atoms with E-state index in [1.807, 2.05) is 24.3 Å². The predicted octanol–water partition coefficient (Wildman–Crippen LogP) is 1.41. The Morgan fingerprint density at radius 2 is 2.17 bits per heavy atom. The molecule has 0 fully saturated rings. The maximum atomic E-state index is 12.4. The van der Waals surface area contributed by atoms with Crippen LogP contribution in [-0.4, -0.2) is 40.0 Å². The summed E-state index contributed by atoms with van der Waals surface area (Å²) in [6, 6.07) is 8.53. The highest BCUT2D eigenvalue weighted by atomic mass is 16.5. The zero-order valence-electron chi connectivity index (χ0n) is 12.5. The summed E-state index contributed by atoms with van der Waals surface area (Å²) in [7, 11) is 1.29. The number of nitrogens with zero attached hydrogens (tertiary/aromatic N) is 1. The number of methoxy groups -OCH3 is 1. The van der Waals surface area contributed by atoms with Gasteiger partial charge in [0.15, 0.2) is 0 Å². The van der Waals surface area contributed by atoms with Crippen LogP contribution < -0.4 is 5.32 Å². The summed E-state index contributed by atoms with van der Waals surface area (Å²) in [4.78, 5) is 34.1. The first-order valence-corrected chi connectivity index (χ1v) is 7.11. The molecule has 0 aliphatic heterocycles. The average molecular weight is 312 g/mol. The quantitative estimate of drug-likeness (QED) is 0.620. The van der Waals surface area contributed by atoms with Crippen molar-refractivity contribution in [2.75, 3.05) is 7.11 Å². The van der Waals surface area contributed by atoms with Crippen molar-refractivity contribution in [2.24, 2.45) is 0 Å². The van der Waals surface area contributed by atoms with Gasteiger partial charge in [-0.05, 0) is 12.1 Å². The number of esters is 1. The van der Waals surface area contributed by atoms with E-state index in [4.69, 9.17) is 4.74 Å². The molecule has 7 heteroatoms. The summed E-state index contributed by atoms with van der Waals surface area (Å²) in [6.45, 7) is 0. The number of ether oxygens (including phenoxy) is 1. The van der Waals surface area contributed by atoms with Gasteiger partial charge in [-0.3, -0.25) is 4.79 Å². The Bertz CT molecular complexity index is 790. The van der Waals surface area contributed by atoms with E-state index in [9.17, 15) is 9.59 Å². The number of carbonyl (C=O) groups is 2. The highest BCUT2D eigenvalue weighted by Gasteiger charge is 2.23. The molecular weight excluding hydrogens is 296 g/mol. The standard InChI is InChI=1S/C16H16N4O3/c1-23-16(22)14(7-11-8-17-9-18-11)20-15(21)13-6-10-4-2-3-5-12(10)19-13/h2-6,8-9,14,19H,7H2,1H3,(H,17,18)(H,20,21). The number of amides is 1. The molecular formula is C16H16N4O3. The fourth-order valence-electron chi connectivity index (χ4n) is 2.38. The van der Waals surface area contributed by atoms with Gasteiger partial charge >= 0.3 is 5.97 Å². The monoisotopic (exact) mass is 312 g/mol. The van der Waals surface area contributed by atoms with Crippen LogP contribution in [0, 0.1) is 0 Å². The number of hydrogen-bond acceptors (Lipinski definition) is 4. The maximum absolute atomic E-state index is 12.4. The van der Waals surface area contributed by atoms with Gasteiger partial charge in [0.1, 0.15) is 11.7 Å². The van der Waals surface area contributed by atoms with Crippen molar-refractivity contribution in [2.45, 2.75) is 12.5 Å².